The normalized spacial score (nSPS) is 13.8. The van der Waals surface area contributed by atoms with Gasteiger partial charge in [-0.25, -0.2) is 0 Å². The molecule has 0 bridgehead atoms. The van der Waals surface area contributed by atoms with Crippen molar-refractivity contribution in [3.05, 3.63) is 40.5 Å². The maximum absolute atomic E-state index is 11.8. The van der Waals surface area contributed by atoms with Crippen molar-refractivity contribution in [1.82, 2.24) is 0 Å². The summed E-state index contributed by atoms with van der Waals surface area (Å²) in [6.45, 7) is 4.65. The molecule has 2 aromatic rings. The van der Waals surface area contributed by atoms with Crippen molar-refractivity contribution in [2.45, 2.75) is 51.6 Å². The molecule has 0 unspecified atom stereocenters. The number of methoxy groups -OCH3 is 1. The lowest BCUT2D eigenvalue weighted by molar-refractivity contribution is 0.0981. The number of hydrogen-bond acceptors (Lipinski definition) is 7. The quantitative estimate of drug-likeness (QED) is 0.271. The second kappa shape index (κ2) is 9.48. The van der Waals surface area contributed by atoms with E-state index in [0.717, 1.165) is 36.8 Å². The van der Waals surface area contributed by atoms with Crippen molar-refractivity contribution in [2.24, 2.45) is 11.5 Å². The predicted octanol–water partition coefficient (Wildman–Crippen LogP) is 2.60. The molecule has 0 saturated carbocycles. The minimum absolute atomic E-state index is 0.300. The first-order valence-electron chi connectivity index (χ1n) is 11.0. The van der Waals surface area contributed by atoms with Crippen LogP contribution in [0.1, 0.15) is 65.0 Å². The van der Waals surface area contributed by atoms with Gasteiger partial charge in [-0.15, -0.1) is 0 Å². The largest absolute Gasteiger partial charge is 0.494 e. The van der Waals surface area contributed by atoms with Gasteiger partial charge in [0.15, 0.2) is 0 Å². The van der Waals surface area contributed by atoms with Crippen molar-refractivity contribution in [3.63, 3.8) is 0 Å². The van der Waals surface area contributed by atoms with E-state index in [1.165, 1.54) is 13.2 Å². The fraction of sp³-hybridized carbons (Fsp3) is 0.417. The number of nitrogen functional groups attached to an aromatic ring is 2. The Morgan fingerprint density at radius 1 is 1.06 bits per heavy atom. The van der Waals surface area contributed by atoms with Gasteiger partial charge in [-0.1, -0.05) is 6.42 Å². The zero-order chi connectivity index (χ0) is 24.3. The van der Waals surface area contributed by atoms with Crippen LogP contribution >= 0.6 is 0 Å². The molecule has 2 amide bonds. The average molecular weight is 456 g/mol. The summed E-state index contributed by atoms with van der Waals surface area (Å²) in [5.74, 6) is -0.0496. The molecule has 0 radical (unpaired) electrons. The van der Waals surface area contributed by atoms with Gasteiger partial charge in [0.05, 0.1) is 18.4 Å². The van der Waals surface area contributed by atoms with Crippen molar-refractivity contribution in [3.8, 4) is 11.5 Å². The Morgan fingerprint density at radius 2 is 1.79 bits per heavy atom. The number of nitrogens with one attached hydrogen (secondary N) is 1. The van der Waals surface area contributed by atoms with E-state index >= 15 is 0 Å². The molecule has 178 valence electrons. The van der Waals surface area contributed by atoms with Crippen LogP contribution in [0.2, 0.25) is 0 Å². The number of nitrogens with two attached hydrogens (primary N) is 4. The molecule has 9 heteroatoms. The van der Waals surface area contributed by atoms with Crippen LogP contribution in [0.3, 0.4) is 0 Å². The first-order valence-corrected chi connectivity index (χ1v) is 11.0. The molecule has 0 fully saturated rings. The van der Waals surface area contributed by atoms with E-state index in [9.17, 15) is 9.59 Å². The Kier molecular flexibility index (Phi) is 6.90. The second-order valence-corrected chi connectivity index (χ2v) is 8.95. The Morgan fingerprint density at radius 3 is 2.42 bits per heavy atom. The van der Waals surface area contributed by atoms with Crippen LogP contribution in [-0.2, 0) is 12.8 Å². The van der Waals surface area contributed by atoms with Gasteiger partial charge in [-0.3, -0.25) is 9.59 Å². The zero-order valence-corrected chi connectivity index (χ0v) is 19.4. The Balaban J connectivity index is 1.59. The van der Waals surface area contributed by atoms with E-state index in [4.69, 9.17) is 32.4 Å². The van der Waals surface area contributed by atoms with Crippen LogP contribution in [0.25, 0.3) is 0 Å². The number of amides is 2. The third-order valence-corrected chi connectivity index (χ3v) is 5.82. The highest BCUT2D eigenvalue weighted by Gasteiger charge is 2.35. The number of benzene rings is 2. The van der Waals surface area contributed by atoms with E-state index in [0.29, 0.717) is 52.7 Å². The van der Waals surface area contributed by atoms with Crippen LogP contribution in [-0.4, -0.2) is 31.1 Å². The highest BCUT2D eigenvalue weighted by atomic mass is 16.5. The lowest BCUT2D eigenvalue weighted by Crippen LogP contribution is -2.25. The highest BCUT2D eigenvalue weighted by Crippen LogP contribution is 2.42. The van der Waals surface area contributed by atoms with Gasteiger partial charge in [-0.05, 0) is 56.9 Å². The molecule has 0 aromatic heterocycles. The van der Waals surface area contributed by atoms with E-state index in [1.54, 1.807) is 12.1 Å². The molecule has 33 heavy (non-hydrogen) atoms. The molecular weight excluding hydrogens is 422 g/mol. The second-order valence-electron chi connectivity index (χ2n) is 8.95. The minimum atomic E-state index is -0.560. The lowest BCUT2D eigenvalue weighted by atomic mass is 9.91. The number of carbonyl (C=O) groups excluding carboxylic acids is 2. The molecule has 2 aromatic carbocycles. The Bertz CT molecular complexity index is 1080. The van der Waals surface area contributed by atoms with Crippen LogP contribution in [0.15, 0.2) is 18.2 Å². The monoisotopic (exact) mass is 455 g/mol. The third kappa shape index (κ3) is 5.24. The Labute approximate surface area is 193 Å². The van der Waals surface area contributed by atoms with Gasteiger partial charge < -0.3 is 37.7 Å². The van der Waals surface area contributed by atoms with Crippen LogP contribution in [0, 0.1) is 0 Å². The summed E-state index contributed by atoms with van der Waals surface area (Å²) in [5.41, 5.74) is 27.1. The van der Waals surface area contributed by atoms with Crippen LogP contribution < -0.4 is 37.7 Å². The van der Waals surface area contributed by atoms with E-state index in [-0.39, 0.29) is 0 Å². The topological polar surface area (TPSA) is 169 Å². The highest BCUT2D eigenvalue weighted by molar-refractivity contribution is 5.98. The number of primary amides is 2. The molecule has 1 aliphatic heterocycles. The van der Waals surface area contributed by atoms with Crippen LogP contribution in [0.5, 0.6) is 11.5 Å². The number of rotatable bonds is 10. The molecule has 9 N–H and O–H groups in total. The predicted molar refractivity (Wildman–Crippen MR) is 130 cm³/mol. The molecule has 3 rings (SSSR count). The molecule has 0 atom stereocenters. The van der Waals surface area contributed by atoms with Crippen molar-refractivity contribution in [2.75, 3.05) is 30.4 Å². The number of hydrogen-bond donors (Lipinski definition) is 5. The number of fused-ring (bicyclic) bond motifs is 1. The van der Waals surface area contributed by atoms with Crippen molar-refractivity contribution >= 4 is 28.9 Å². The molecule has 9 nitrogen and oxygen atoms in total. The summed E-state index contributed by atoms with van der Waals surface area (Å²) < 4.78 is 11.4. The molecule has 1 heterocycles. The Hall–Kier alpha value is -3.62. The van der Waals surface area contributed by atoms with Gasteiger partial charge in [0, 0.05) is 29.8 Å². The summed E-state index contributed by atoms with van der Waals surface area (Å²) in [4.78, 5) is 23.3. The summed E-state index contributed by atoms with van der Waals surface area (Å²) in [6, 6.07) is 4.74. The number of anilines is 3. The van der Waals surface area contributed by atoms with Crippen LogP contribution in [0.4, 0.5) is 17.1 Å². The van der Waals surface area contributed by atoms with E-state index < -0.39 is 17.4 Å². The number of carbonyl (C=O) groups is 2. The molecule has 1 aliphatic rings. The average Bonchev–Trinajstić information content (AvgIpc) is 3.06. The minimum Gasteiger partial charge on any atom is -0.494 e. The number of ether oxygens (including phenoxy) is 2. The van der Waals surface area contributed by atoms with E-state index in [2.05, 4.69) is 5.32 Å². The number of unbranched alkanes of at least 4 members (excludes halogenated alkanes) is 2. The van der Waals surface area contributed by atoms with E-state index in [1.807, 2.05) is 13.8 Å². The zero-order valence-electron chi connectivity index (χ0n) is 19.4. The van der Waals surface area contributed by atoms with Crippen molar-refractivity contribution in [1.29, 1.82) is 0 Å². The molecular formula is C24H33N5O4. The standard InChI is InChI=1S/C24H33N5O4/c1-24(2)12-16-14(17(25)11-15(23(28)31)21(16)33-24)7-5-4-6-8-29-20-18(26)9-13(22(27)30)10-19(20)32-3/h9-11,29H,4-8,12,25-26H2,1-3H3,(H2,27,30)(H2,28,31). The molecule has 0 aliphatic carbocycles. The van der Waals surface area contributed by atoms with Gasteiger partial charge >= 0.3 is 0 Å². The fourth-order valence-electron chi connectivity index (χ4n) is 4.25. The van der Waals surface area contributed by atoms with Gasteiger partial charge in [0.25, 0.3) is 5.91 Å². The molecule has 0 spiro atoms. The molecule has 0 saturated heterocycles. The first-order chi connectivity index (χ1) is 15.5. The summed E-state index contributed by atoms with van der Waals surface area (Å²) in [7, 11) is 1.52. The maximum Gasteiger partial charge on any atom is 0.252 e. The van der Waals surface area contributed by atoms with Gasteiger partial charge in [-0.2, -0.15) is 0 Å². The van der Waals surface area contributed by atoms with Gasteiger partial charge in [0.1, 0.15) is 22.8 Å². The summed E-state index contributed by atoms with van der Waals surface area (Å²) >= 11 is 0. The summed E-state index contributed by atoms with van der Waals surface area (Å²) in [5, 5.41) is 3.28. The maximum atomic E-state index is 11.8. The lowest BCUT2D eigenvalue weighted by Gasteiger charge is -2.17. The van der Waals surface area contributed by atoms with Gasteiger partial charge in [0.2, 0.25) is 5.91 Å². The summed E-state index contributed by atoms with van der Waals surface area (Å²) in [6.07, 6.45) is 4.23. The SMILES string of the molecule is COc1cc(C(N)=O)cc(N)c1NCCCCCc1c(N)cc(C(N)=O)c2c1CC(C)(C)O2. The first kappa shape index (κ1) is 24.0. The third-order valence-electron chi connectivity index (χ3n) is 5.82. The smallest absolute Gasteiger partial charge is 0.252 e. The fourth-order valence-corrected chi connectivity index (χ4v) is 4.25. The van der Waals surface area contributed by atoms with Crippen molar-refractivity contribution < 1.29 is 19.1 Å².